The summed E-state index contributed by atoms with van der Waals surface area (Å²) in [5.74, 6) is 1.75. The van der Waals surface area contributed by atoms with Crippen LogP contribution in [0.5, 0.6) is 11.5 Å². The fourth-order valence-electron chi connectivity index (χ4n) is 2.17. The molecule has 0 radical (unpaired) electrons. The van der Waals surface area contributed by atoms with Crippen molar-refractivity contribution in [2.75, 3.05) is 13.7 Å². The summed E-state index contributed by atoms with van der Waals surface area (Å²) in [5, 5.41) is 6.61. The SMILES string of the molecule is CCOc1cc(/C=C(\Cl)c2nc(-c3cccs3)no2)cc(Cl)c1OC. The van der Waals surface area contributed by atoms with E-state index in [4.69, 9.17) is 37.2 Å². The number of hydrogen-bond acceptors (Lipinski definition) is 6. The van der Waals surface area contributed by atoms with Gasteiger partial charge in [0.1, 0.15) is 5.03 Å². The molecule has 0 bridgehead atoms. The molecule has 0 atom stereocenters. The van der Waals surface area contributed by atoms with Crippen LogP contribution in [-0.4, -0.2) is 23.9 Å². The number of ether oxygens (including phenoxy) is 2. The molecular weight excluding hydrogens is 383 g/mol. The van der Waals surface area contributed by atoms with Crippen LogP contribution in [0.2, 0.25) is 5.02 Å². The summed E-state index contributed by atoms with van der Waals surface area (Å²) in [5.41, 5.74) is 0.732. The van der Waals surface area contributed by atoms with E-state index < -0.39 is 0 Å². The Morgan fingerprint density at radius 3 is 2.92 bits per heavy atom. The Bertz CT molecular complexity index is 891. The van der Waals surface area contributed by atoms with Crippen LogP contribution in [0.15, 0.2) is 34.2 Å². The zero-order valence-electron chi connectivity index (χ0n) is 13.5. The lowest BCUT2D eigenvalue weighted by Gasteiger charge is -2.11. The Hall–Kier alpha value is -2.02. The molecule has 0 spiro atoms. The third-order valence-corrected chi connectivity index (χ3v) is 4.62. The van der Waals surface area contributed by atoms with Crippen LogP contribution in [0, 0.1) is 0 Å². The molecule has 1 aromatic carbocycles. The van der Waals surface area contributed by atoms with Crippen LogP contribution in [0.4, 0.5) is 0 Å². The number of methoxy groups -OCH3 is 1. The Labute approximate surface area is 158 Å². The van der Waals surface area contributed by atoms with Gasteiger partial charge in [0.15, 0.2) is 11.5 Å². The number of rotatable bonds is 6. The van der Waals surface area contributed by atoms with E-state index in [0.717, 1.165) is 10.4 Å². The molecule has 130 valence electrons. The summed E-state index contributed by atoms with van der Waals surface area (Å²) in [6.45, 7) is 2.37. The predicted octanol–water partition coefficient (Wildman–Crippen LogP) is 5.60. The average molecular weight is 397 g/mol. The van der Waals surface area contributed by atoms with Crippen molar-refractivity contribution in [1.29, 1.82) is 0 Å². The monoisotopic (exact) mass is 396 g/mol. The molecular formula is C17H14Cl2N2O3S. The zero-order valence-corrected chi connectivity index (χ0v) is 15.8. The minimum atomic E-state index is 0.231. The molecule has 0 saturated carbocycles. The molecule has 0 fully saturated rings. The first-order valence-corrected chi connectivity index (χ1v) is 9.01. The van der Waals surface area contributed by atoms with Gasteiger partial charge < -0.3 is 14.0 Å². The topological polar surface area (TPSA) is 57.4 Å². The Balaban J connectivity index is 1.92. The Morgan fingerprint density at radius 1 is 1.40 bits per heavy atom. The first kappa shape index (κ1) is 17.8. The van der Waals surface area contributed by atoms with Crippen molar-refractivity contribution in [2.45, 2.75) is 6.92 Å². The maximum absolute atomic E-state index is 6.32. The highest BCUT2D eigenvalue weighted by Crippen LogP contribution is 2.37. The van der Waals surface area contributed by atoms with Gasteiger partial charge in [-0.3, -0.25) is 0 Å². The summed E-state index contributed by atoms with van der Waals surface area (Å²) >= 11 is 14.1. The summed E-state index contributed by atoms with van der Waals surface area (Å²) in [6, 6.07) is 7.34. The molecule has 5 nitrogen and oxygen atoms in total. The summed E-state index contributed by atoms with van der Waals surface area (Å²) in [4.78, 5) is 5.22. The number of nitrogens with zero attached hydrogens (tertiary/aromatic N) is 2. The smallest absolute Gasteiger partial charge is 0.269 e. The van der Waals surface area contributed by atoms with E-state index in [1.165, 1.54) is 18.4 Å². The molecule has 3 aromatic rings. The molecule has 8 heteroatoms. The number of benzene rings is 1. The van der Waals surface area contributed by atoms with Crippen molar-refractivity contribution < 1.29 is 14.0 Å². The van der Waals surface area contributed by atoms with E-state index in [9.17, 15) is 0 Å². The van der Waals surface area contributed by atoms with E-state index in [1.54, 1.807) is 18.2 Å². The van der Waals surface area contributed by atoms with Crippen molar-refractivity contribution in [3.05, 3.63) is 46.1 Å². The highest BCUT2D eigenvalue weighted by molar-refractivity contribution is 7.13. The quantitative estimate of drug-likeness (QED) is 0.542. The zero-order chi connectivity index (χ0) is 17.8. The number of hydrogen-bond donors (Lipinski definition) is 0. The van der Waals surface area contributed by atoms with E-state index in [-0.39, 0.29) is 5.89 Å². The molecule has 0 N–H and O–H groups in total. The second-order valence-electron chi connectivity index (χ2n) is 4.86. The third kappa shape index (κ3) is 3.98. The molecule has 25 heavy (non-hydrogen) atoms. The van der Waals surface area contributed by atoms with Gasteiger partial charge in [-0.15, -0.1) is 11.3 Å². The fraction of sp³-hybridized carbons (Fsp3) is 0.176. The Morgan fingerprint density at radius 2 is 2.24 bits per heavy atom. The number of thiophene rings is 1. The summed E-state index contributed by atoms with van der Waals surface area (Å²) in [7, 11) is 1.54. The lowest BCUT2D eigenvalue weighted by atomic mass is 10.2. The fourth-order valence-corrected chi connectivity index (χ4v) is 3.31. The first-order chi connectivity index (χ1) is 12.1. The number of aromatic nitrogens is 2. The predicted molar refractivity (Wildman–Crippen MR) is 101 cm³/mol. The van der Waals surface area contributed by atoms with Crippen LogP contribution in [0.25, 0.3) is 21.8 Å². The molecule has 0 saturated heterocycles. The normalized spacial score (nSPS) is 11.6. The van der Waals surface area contributed by atoms with Gasteiger partial charge in [0.05, 0.1) is 23.6 Å². The van der Waals surface area contributed by atoms with E-state index in [2.05, 4.69) is 10.1 Å². The highest BCUT2D eigenvalue weighted by Gasteiger charge is 2.14. The first-order valence-electron chi connectivity index (χ1n) is 7.37. The van der Waals surface area contributed by atoms with Crippen LogP contribution in [-0.2, 0) is 0 Å². The van der Waals surface area contributed by atoms with E-state index >= 15 is 0 Å². The van der Waals surface area contributed by atoms with Crippen molar-refractivity contribution in [3.63, 3.8) is 0 Å². The minimum Gasteiger partial charge on any atom is -0.491 e. The summed E-state index contributed by atoms with van der Waals surface area (Å²) in [6.07, 6.45) is 1.68. The molecule has 2 heterocycles. The second kappa shape index (κ2) is 7.91. The minimum absolute atomic E-state index is 0.231. The lowest BCUT2D eigenvalue weighted by Crippen LogP contribution is -1.96. The van der Waals surface area contributed by atoms with Gasteiger partial charge in [-0.2, -0.15) is 4.98 Å². The molecule has 2 aromatic heterocycles. The number of halogens is 2. The maximum Gasteiger partial charge on any atom is 0.269 e. The molecule has 3 rings (SSSR count). The van der Waals surface area contributed by atoms with Crippen molar-refractivity contribution in [3.8, 4) is 22.2 Å². The van der Waals surface area contributed by atoms with Crippen molar-refractivity contribution in [2.24, 2.45) is 0 Å². The largest absolute Gasteiger partial charge is 0.491 e. The molecule has 0 aliphatic heterocycles. The van der Waals surface area contributed by atoms with Crippen LogP contribution < -0.4 is 9.47 Å². The van der Waals surface area contributed by atoms with Gasteiger partial charge in [0.25, 0.3) is 5.89 Å². The maximum atomic E-state index is 6.32. The standard InChI is InChI=1S/C17H14Cl2N2O3S/c1-3-23-13-9-10(7-11(18)15(13)22-2)8-12(19)17-20-16(21-24-17)14-5-4-6-25-14/h4-9H,3H2,1-2H3/b12-8-. The van der Waals surface area contributed by atoms with Gasteiger partial charge in [0.2, 0.25) is 5.82 Å². The molecule has 0 aliphatic carbocycles. The lowest BCUT2D eigenvalue weighted by molar-refractivity contribution is 0.311. The van der Waals surface area contributed by atoms with E-state index in [0.29, 0.717) is 34.0 Å². The average Bonchev–Trinajstić information content (AvgIpc) is 3.26. The molecule has 0 amide bonds. The van der Waals surface area contributed by atoms with Crippen molar-refractivity contribution >= 4 is 45.6 Å². The van der Waals surface area contributed by atoms with Crippen LogP contribution >= 0.6 is 34.5 Å². The molecule has 0 aliphatic rings. The summed E-state index contributed by atoms with van der Waals surface area (Å²) < 4.78 is 16.1. The van der Waals surface area contributed by atoms with Crippen LogP contribution in [0.1, 0.15) is 18.4 Å². The van der Waals surface area contributed by atoms with Gasteiger partial charge in [-0.1, -0.05) is 34.4 Å². The van der Waals surface area contributed by atoms with Gasteiger partial charge in [-0.25, -0.2) is 0 Å². The Kier molecular flexibility index (Phi) is 5.63. The van der Waals surface area contributed by atoms with Crippen molar-refractivity contribution in [1.82, 2.24) is 10.1 Å². The van der Waals surface area contributed by atoms with Gasteiger partial charge in [-0.05, 0) is 42.1 Å². The van der Waals surface area contributed by atoms with Gasteiger partial charge in [0, 0.05) is 0 Å². The third-order valence-electron chi connectivity index (χ3n) is 3.20. The van der Waals surface area contributed by atoms with Crippen LogP contribution in [0.3, 0.4) is 0 Å². The molecule has 0 unspecified atom stereocenters. The highest BCUT2D eigenvalue weighted by atomic mass is 35.5. The van der Waals surface area contributed by atoms with E-state index in [1.807, 2.05) is 24.4 Å². The van der Waals surface area contributed by atoms with Gasteiger partial charge >= 0.3 is 0 Å². The second-order valence-corrected chi connectivity index (χ2v) is 6.62.